The minimum Gasteiger partial charge on any atom is -0.383 e. The molecule has 0 N–H and O–H groups in total. The van der Waals surface area contributed by atoms with E-state index < -0.39 is 10.0 Å². The van der Waals surface area contributed by atoms with Crippen LogP contribution in [0.15, 0.2) is 70.6 Å². The molecule has 3 aromatic rings. The Labute approximate surface area is 239 Å². The summed E-state index contributed by atoms with van der Waals surface area (Å²) in [5, 5.41) is 4.82. The van der Waals surface area contributed by atoms with Gasteiger partial charge in [0.2, 0.25) is 10.0 Å². The fraction of sp³-hybridized carbons (Fsp3) is 0.321. The fourth-order valence-electron chi connectivity index (χ4n) is 4.25. The Hall–Kier alpha value is -2.83. The maximum atomic E-state index is 13.5. The number of hydrogen-bond donors (Lipinski definition) is 0. The number of amides is 1. The van der Waals surface area contributed by atoms with E-state index in [9.17, 15) is 13.2 Å². The minimum absolute atomic E-state index is 0.188. The highest BCUT2D eigenvalue weighted by molar-refractivity contribution is 8.26. The molecule has 11 heteroatoms. The van der Waals surface area contributed by atoms with Crippen LogP contribution in [0.5, 0.6) is 0 Å². The molecule has 206 valence electrons. The molecule has 0 unspecified atom stereocenters. The van der Waals surface area contributed by atoms with E-state index in [0.717, 1.165) is 18.5 Å². The molecule has 2 aromatic carbocycles. The Morgan fingerprint density at radius 1 is 1.08 bits per heavy atom. The number of thiocarbonyl (C=S) groups is 1. The smallest absolute Gasteiger partial charge is 0.266 e. The lowest BCUT2D eigenvalue weighted by molar-refractivity contribution is -0.122. The van der Waals surface area contributed by atoms with E-state index in [2.05, 4.69) is 0 Å². The molecule has 1 aliphatic rings. The van der Waals surface area contributed by atoms with Gasteiger partial charge in [-0.1, -0.05) is 68.2 Å². The third-order valence-corrected chi connectivity index (χ3v) is 9.41. The highest BCUT2D eigenvalue weighted by Crippen LogP contribution is 2.35. The van der Waals surface area contributed by atoms with Gasteiger partial charge in [0.25, 0.3) is 5.91 Å². The van der Waals surface area contributed by atoms with Gasteiger partial charge < -0.3 is 4.74 Å². The standard InChI is InChI=1S/C28H32N4O4S3/c1-4-14-30(15-5-2)39(34,35)24-13-9-10-21(18-24)26-22(20-32(29-26)23-11-7-6-8-12-23)19-25-27(33)31(16-17-36-3)28(37)38-25/h6-13,18-20H,4-5,14-17H2,1-3H3. The number of para-hydroxylation sites is 1. The molecule has 0 saturated carbocycles. The van der Waals surface area contributed by atoms with E-state index in [1.807, 2.05) is 56.4 Å². The number of sulfonamides is 1. The van der Waals surface area contributed by atoms with Crippen molar-refractivity contribution < 1.29 is 17.9 Å². The Morgan fingerprint density at radius 2 is 1.79 bits per heavy atom. The fourth-order valence-corrected chi connectivity index (χ4v) is 7.22. The maximum Gasteiger partial charge on any atom is 0.266 e. The summed E-state index contributed by atoms with van der Waals surface area (Å²) in [4.78, 5) is 15.3. The van der Waals surface area contributed by atoms with Gasteiger partial charge in [-0.2, -0.15) is 9.40 Å². The molecule has 1 aliphatic heterocycles. The minimum atomic E-state index is -3.68. The summed E-state index contributed by atoms with van der Waals surface area (Å²) in [6.07, 6.45) is 5.07. The van der Waals surface area contributed by atoms with Crippen LogP contribution in [-0.2, 0) is 19.6 Å². The molecule has 8 nitrogen and oxygen atoms in total. The first-order chi connectivity index (χ1) is 18.8. The van der Waals surface area contributed by atoms with Crippen LogP contribution >= 0.6 is 24.0 Å². The Kier molecular flexibility index (Phi) is 9.73. The Bertz CT molecular complexity index is 1460. The van der Waals surface area contributed by atoms with Crippen molar-refractivity contribution in [2.75, 3.05) is 33.4 Å². The van der Waals surface area contributed by atoms with E-state index in [0.29, 0.717) is 52.3 Å². The van der Waals surface area contributed by atoms with Crippen LogP contribution in [0.3, 0.4) is 0 Å². The van der Waals surface area contributed by atoms with Crippen LogP contribution in [0.25, 0.3) is 23.0 Å². The van der Waals surface area contributed by atoms with Crippen LogP contribution in [0.2, 0.25) is 0 Å². The van der Waals surface area contributed by atoms with E-state index in [4.69, 9.17) is 22.1 Å². The van der Waals surface area contributed by atoms with Crippen molar-refractivity contribution >= 4 is 50.3 Å². The Morgan fingerprint density at radius 3 is 2.46 bits per heavy atom. The first-order valence-corrected chi connectivity index (χ1v) is 15.5. The first kappa shape index (κ1) is 29.2. The average molecular weight is 585 g/mol. The van der Waals surface area contributed by atoms with Gasteiger partial charge in [0.1, 0.15) is 10.0 Å². The van der Waals surface area contributed by atoms with Gasteiger partial charge in [-0.15, -0.1) is 0 Å². The molecular weight excluding hydrogens is 553 g/mol. The number of benzene rings is 2. The molecule has 0 radical (unpaired) electrons. The molecule has 0 spiro atoms. The van der Waals surface area contributed by atoms with Gasteiger partial charge in [0, 0.05) is 37.5 Å². The second-order valence-corrected chi connectivity index (χ2v) is 12.6. The number of rotatable bonds is 12. The van der Waals surface area contributed by atoms with E-state index in [-0.39, 0.29) is 10.8 Å². The van der Waals surface area contributed by atoms with Crippen molar-refractivity contribution in [1.29, 1.82) is 0 Å². The number of carbonyl (C=O) groups excluding carboxylic acids is 1. The zero-order valence-electron chi connectivity index (χ0n) is 22.2. The van der Waals surface area contributed by atoms with E-state index in [1.165, 1.54) is 21.0 Å². The van der Waals surface area contributed by atoms with Crippen molar-refractivity contribution in [2.45, 2.75) is 31.6 Å². The Balaban J connectivity index is 1.79. The molecule has 39 heavy (non-hydrogen) atoms. The van der Waals surface area contributed by atoms with E-state index >= 15 is 0 Å². The molecule has 1 fully saturated rings. The van der Waals surface area contributed by atoms with Gasteiger partial charge in [0.15, 0.2) is 0 Å². The summed E-state index contributed by atoms with van der Waals surface area (Å²) in [5.41, 5.74) is 2.72. The number of nitrogens with zero attached hydrogens (tertiary/aromatic N) is 4. The average Bonchev–Trinajstić information content (AvgIpc) is 3.48. The molecule has 1 aromatic heterocycles. The van der Waals surface area contributed by atoms with E-state index in [1.54, 1.807) is 36.1 Å². The van der Waals surface area contributed by atoms with Gasteiger partial charge in [-0.05, 0) is 43.2 Å². The van der Waals surface area contributed by atoms with Crippen LogP contribution in [-0.4, -0.2) is 71.0 Å². The van der Waals surface area contributed by atoms with Crippen molar-refractivity contribution in [3.63, 3.8) is 0 Å². The van der Waals surface area contributed by atoms with Crippen LogP contribution in [0.4, 0.5) is 0 Å². The maximum absolute atomic E-state index is 13.5. The van der Waals surface area contributed by atoms with Crippen molar-refractivity contribution in [1.82, 2.24) is 19.0 Å². The predicted octanol–water partition coefficient (Wildman–Crippen LogP) is 5.20. The highest BCUT2D eigenvalue weighted by atomic mass is 32.2. The summed E-state index contributed by atoms with van der Waals surface area (Å²) in [6, 6.07) is 16.5. The number of thioether (sulfide) groups is 1. The number of carbonyl (C=O) groups is 1. The van der Waals surface area contributed by atoms with Gasteiger partial charge in [-0.25, -0.2) is 13.1 Å². The summed E-state index contributed by atoms with van der Waals surface area (Å²) in [6.45, 7) is 5.61. The lowest BCUT2D eigenvalue weighted by atomic mass is 10.1. The monoisotopic (exact) mass is 584 g/mol. The first-order valence-electron chi connectivity index (χ1n) is 12.8. The molecule has 1 amide bonds. The molecule has 4 rings (SSSR count). The number of ether oxygens (including phenoxy) is 1. The van der Waals surface area contributed by atoms with Gasteiger partial charge in [0.05, 0.1) is 28.6 Å². The van der Waals surface area contributed by atoms with Gasteiger partial charge >= 0.3 is 0 Å². The van der Waals surface area contributed by atoms with Crippen LogP contribution in [0, 0.1) is 0 Å². The summed E-state index contributed by atoms with van der Waals surface area (Å²) >= 11 is 6.67. The summed E-state index contributed by atoms with van der Waals surface area (Å²) in [5.74, 6) is -0.188. The highest BCUT2D eigenvalue weighted by Gasteiger charge is 2.32. The lowest BCUT2D eigenvalue weighted by Crippen LogP contribution is -2.32. The number of hydrogen-bond acceptors (Lipinski definition) is 7. The zero-order chi connectivity index (χ0) is 28.0. The second kappa shape index (κ2) is 13.0. The second-order valence-electron chi connectivity index (χ2n) is 8.97. The molecule has 0 atom stereocenters. The third-order valence-electron chi connectivity index (χ3n) is 6.13. The normalized spacial score (nSPS) is 15.2. The lowest BCUT2D eigenvalue weighted by Gasteiger charge is -2.21. The largest absolute Gasteiger partial charge is 0.383 e. The number of methoxy groups -OCH3 is 1. The number of aromatic nitrogens is 2. The van der Waals surface area contributed by atoms with Gasteiger partial charge in [-0.3, -0.25) is 9.69 Å². The molecule has 0 aliphatic carbocycles. The quantitative estimate of drug-likeness (QED) is 0.214. The molecule has 1 saturated heterocycles. The molecule has 0 bridgehead atoms. The van der Waals surface area contributed by atoms with Crippen LogP contribution in [0.1, 0.15) is 32.3 Å². The van der Waals surface area contributed by atoms with Crippen LogP contribution < -0.4 is 0 Å². The zero-order valence-corrected chi connectivity index (χ0v) is 24.7. The third kappa shape index (κ3) is 6.50. The van der Waals surface area contributed by atoms with Crippen molar-refractivity contribution in [3.05, 3.63) is 71.3 Å². The molecular formula is C28H32N4O4S3. The summed E-state index contributed by atoms with van der Waals surface area (Å²) < 4.78 is 35.8. The van der Waals surface area contributed by atoms with Crippen molar-refractivity contribution in [3.8, 4) is 16.9 Å². The molecule has 2 heterocycles. The SMILES string of the molecule is CCCN(CCC)S(=O)(=O)c1cccc(-c2nn(-c3ccccc3)cc2C=C2SC(=S)N(CCOC)C2=O)c1. The van der Waals surface area contributed by atoms with Crippen molar-refractivity contribution in [2.24, 2.45) is 0 Å². The summed E-state index contributed by atoms with van der Waals surface area (Å²) in [7, 11) is -2.10. The predicted molar refractivity (Wildman–Crippen MR) is 160 cm³/mol. The topological polar surface area (TPSA) is 84.7 Å².